The third-order valence-corrected chi connectivity index (χ3v) is 2.45. The first-order valence-electron chi connectivity index (χ1n) is 5.92. The molecular weight excluding hydrogens is 248 g/mol. The molecule has 0 heterocycles. The molecule has 104 valence electrons. The van der Waals surface area contributed by atoms with Gasteiger partial charge in [-0.05, 0) is 17.7 Å². The number of carboxylic acid groups (broad SMARTS) is 1. The molecule has 19 heavy (non-hydrogen) atoms. The van der Waals surface area contributed by atoms with E-state index in [1.807, 2.05) is 0 Å². The lowest BCUT2D eigenvalue weighted by Crippen LogP contribution is -2.33. The van der Waals surface area contributed by atoms with Crippen LogP contribution in [0.2, 0.25) is 0 Å². The van der Waals surface area contributed by atoms with Crippen molar-refractivity contribution in [3.63, 3.8) is 0 Å². The normalized spacial score (nSPS) is 10.0. The van der Waals surface area contributed by atoms with Gasteiger partial charge in [-0.15, -0.1) is 0 Å². The van der Waals surface area contributed by atoms with Crippen molar-refractivity contribution in [1.82, 2.24) is 4.90 Å². The molecule has 0 aromatic heterocycles. The van der Waals surface area contributed by atoms with Crippen molar-refractivity contribution in [2.45, 2.75) is 13.5 Å². The molecule has 0 aliphatic carbocycles. The summed E-state index contributed by atoms with van der Waals surface area (Å²) in [6, 6.07) is 7.13. The highest BCUT2D eigenvalue weighted by Gasteiger charge is 2.13. The van der Waals surface area contributed by atoms with Gasteiger partial charge in [0.05, 0.1) is 0 Å². The van der Waals surface area contributed by atoms with Gasteiger partial charge in [-0.1, -0.05) is 12.1 Å². The Hall–Kier alpha value is -2.08. The van der Waals surface area contributed by atoms with E-state index in [1.165, 1.54) is 11.8 Å². The van der Waals surface area contributed by atoms with Gasteiger partial charge in [-0.2, -0.15) is 0 Å². The summed E-state index contributed by atoms with van der Waals surface area (Å²) >= 11 is 0. The number of carbonyl (C=O) groups is 2. The summed E-state index contributed by atoms with van der Waals surface area (Å²) in [6.45, 7) is 2.19. The smallest absolute Gasteiger partial charge is 0.323 e. The second-order valence-electron chi connectivity index (χ2n) is 4.05. The highest BCUT2D eigenvalue weighted by molar-refractivity contribution is 5.79. The van der Waals surface area contributed by atoms with Gasteiger partial charge in [0.1, 0.15) is 18.9 Å². The van der Waals surface area contributed by atoms with Gasteiger partial charge in [-0.25, -0.2) is 0 Å². The number of ether oxygens (including phenoxy) is 1. The zero-order chi connectivity index (χ0) is 14.3. The van der Waals surface area contributed by atoms with Crippen molar-refractivity contribution in [1.29, 1.82) is 0 Å². The average molecular weight is 266 g/mol. The van der Waals surface area contributed by atoms with Crippen molar-refractivity contribution < 1.29 is 19.4 Å². The van der Waals surface area contributed by atoms with Crippen LogP contribution >= 0.6 is 0 Å². The molecule has 0 saturated heterocycles. The predicted octanol–water partition coefficient (Wildman–Crippen LogP) is 0.457. The van der Waals surface area contributed by atoms with Crippen LogP contribution in [0.1, 0.15) is 12.5 Å². The van der Waals surface area contributed by atoms with Crippen LogP contribution in [-0.4, -0.2) is 41.6 Å². The van der Waals surface area contributed by atoms with E-state index in [2.05, 4.69) is 0 Å². The predicted molar refractivity (Wildman–Crippen MR) is 69.7 cm³/mol. The lowest BCUT2D eigenvalue weighted by molar-refractivity contribution is -0.144. The van der Waals surface area contributed by atoms with Crippen LogP contribution in [0.15, 0.2) is 24.3 Å². The molecule has 6 heteroatoms. The Morgan fingerprint density at radius 1 is 1.32 bits per heavy atom. The van der Waals surface area contributed by atoms with Crippen LogP contribution in [0.3, 0.4) is 0 Å². The van der Waals surface area contributed by atoms with Gasteiger partial charge in [0.25, 0.3) is 0 Å². The molecule has 0 atom stereocenters. The van der Waals surface area contributed by atoms with Crippen LogP contribution in [-0.2, 0) is 16.1 Å². The number of aliphatic carboxylic acids is 1. The van der Waals surface area contributed by atoms with Gasteiger partial charge < -0.3 is 20.5 Å². The number of nitrogens with two attached hydrogens (primary N) is 1. The fourth-order valence-corrected chi connectivity index (χ4v) is 1.53. The Balaban J connectivity index is 2.64. The Morgan fingerprint density at radius 3 is 2.42 bits per heavy atom. The number of carbonyl (C=O) groups excluding carboxylic acids is 1. The van der Waals surface area contributed by atoms with E-state index >= 15 is 0 Å². The van der Waals surface area contributed by atoms with Crippen LogP contribution < -0.4 is 10.5 Å². The summed E-state index contributed by atoms with van der Waals surface area (Å²) in [5.74, 6) is -0.606. The van der Waals surface area contributed by atoms with Crippen LogP contribution in [0.5, 0.6) is 5.75 Å². The minimum absolute atomic E-state index is 0.263. The number of carboxylic acids is 1. The maximum Gasteiger partial charge on any atom is 0.323 e. The Bertz CT molecular complexity index is 431. The molecule has 0 aliphatic rings. The summed E-state index contributed by atoms with van der Waals surface area (Å²) in [7, 11) is 0. The molecule has 0 fully saturated rings. The van der Waals surface area contributed by atoms with E-state index in [4.69, 9.17) is 15.6 Å². The highest BCUT2D eigenvalue weighted by atomic mass is 16.5. The number of amides is 1. The van der Waals surface area contributed by atoms with E-state index in [0.29, 0.717) is 18.9 Å². The lowest BCUT2D eigenvalue weighted by Gasteiger charge is -2.18. The Labute approximate surface area is 111 Å². The van der Waals surface area contributed by atoms with Gasteiger partial charge >= 0.3 is 5.97 Å². The molecule has 1 amide bonds. The second kappa shape index (κ2) is 7.38. The monoisotopic (exact) mass is 266 g/mol. The zero-order valence-corrected chi connectivity index (χ0v) is 10.8. The maximum absolute atomic E-state index is 11.3. The van der Waals surface area contributed by atoms with Gasteiger partial charge in [0, 0.05) is 20.0 Å². The average Bonchev–Trinajstić information content (AvgIpc) is 2.36. The third kappa shape index (κ3) is 5.39. The highest BCUT2D eigenvalue weighted by Crippen LogP contribution is 2.13. The second-order valence-corrected chi connectivity index (χ2v) is 4.05. The zero-order valence-electron chi connectivity index (χ0n) is 10.8. The lowest BCUT2D eigenvalue weighted by atomic mass is 10.2. The van der Waals surface area contributed by atoms with Crippen LogP contribution in [0.4, 0.5) is 0 Å². The first-order chi connectivity index (χ1) is 9.02. The molecular formula is C13H18N2O4. The summed E-state index contributed by atoms with van der Waals surface area (Å²) in [4.78, 5) is 23.2. The number of hydrogen-bond donors (Lipinski definition) is 2. The summed E-state index contributed by atoms with van der Waals surface area (Å²) in [5, 5.41) is 8.73. The molecule has 3 N–H and O–H groups in total. The van der Waals surface area contributed by atoms with Crippen molar-refractivity contribution in [3.8, 4) is 5.75 Å². The molecule has 1 rings (SSSR count). The number of nitrogens with zero attached hydrogens (tertiary/aromatic N) is 1. The van der Waals surface area contributed by atoms with Gasteiger partial charge in [0.15, 0.2) is 0 Å². The minimum Gasteiger partial charge on any atom is -0.492 e. The Kier molecular flexibility index (Phi) is 5.81. The molecule has 6 nitrogen and oxygen atoms in total. The first kappa shape index (κ1) is 15.0. The van der Waals surface area contributed by atoms with Crippen molar-refractivity contribution in [3.05, 3.63) is 29.8 Å². The van der Waals surface area contributed by atoms with E-state index in [1.54, 1.807) is 24.3 Å². The van der Waals surface area contributed by atoms with E-state index in [-0.39, 0.29) is 19.0 Å². The van der Waals surface area contributed by atoms with E-state index < -0.39 is 5.97 Å². The van der Waals surface area contributed by atoms with Crippen LogP contribution in [0, 0.1) is 0 Å². The largest absolute Gasteiger partial charge is 0.492 e. The quantitative estimate of drug-likeness (QED) is 0.747. The molecule has 0 bridgehead atoms. The first-order valence-corrected chi connectivity index (χ1v) is 5.92. The minimum atomic E-state index is -1.03. The third-order valence-electron chi connectivity index (χ3n) is 2.45. The van der Waals surface area contributed by atoms with Crippen molar-refractivity contribution >= 4 is 11.9 Å². The van der Waals surface area contributed by atoms with Gasteiger partial charge in [-0.3, -0.25) is 9.59 Å². The molecule has 0 saturated carbocycles. The van der Waals surface area contributed by atoms with Gasteiger partial charge in [0.2, 0.25) is 5.91 Å². The van der Waals surface area contributed by atoms with Crippen LogP contribution in [0.25, 0.3) is 0 Å². The van der Waals surface area contributed by atoms with E-state index in [9.17, 15) is 9.59 Å². The standard InChI is InChI=1S/C13H18N2O4/c1-10(16)15(9-13(17)18)8-11-2-4-12(5-3-11)19-7-6-14/h2-5H,6-9,14H2,1H3,(H,17,18). The fourth-order valence-electron chi connectivity index (χ4n) is 1.53. The fraction of sp³-hybridized carbons (Fsp3) is 0.385. The molecule has 0 radical (unpaired) electrons. The molecule has 0 spiro atoms. The number of benzene rings is 1. The number of rotatable bonds is 7. The number of hydrogen-bond acceptors (Lipinski definition) is 4. The Morgan fingerprint density at radius 2 is 1.95 bits per heavy atom. The van der Waals surface area contributed by atoms with E-state index in [0.717, 1.165) is 5.56 Å². The molecule has 1 aromatic carbocycles. The molecule has 0 aliphatic heterocycles. The summed E-state index contributed by atoms with van der Waals surface area (Å²) in [6.07, 6.45) is 0. The summed E-state index contributed by atoms with van der Waals surface area (Å²) < 4.78 is 5.33. The summed E-state index contributed by atoms with van der Waals surface area (Å²) in [5.41, 5.74) is 6.17. The van der Waals surface area contributed by atoms with Crippen molar-refractivity contribution in [2.75, 3.05) is 19.7 Å². The molecule has 0 unspecified atom stereocenters. The SMILES string of the molecule is CC(=O)N(CC(=O)O)Cc1ccc(OCCN)cc1. The molecule has 1 aromatic rings. The maximum atomic E-state index is 11.3. The topological polar surface area (TPSA) is 92.9 Å². The van der Waals surface area contributed by atoms with Crippen molar-refractivity contribution in [2.24, 2.45) is 5.73 Å².